The van der Waals surface area contributed by atoms with Gasteiger partial charge in [0.15, 0.2) is 0 Å². The third kappa shape index (κ3) is 9.51. The van der Waals surface area contributed by atoms with Gasteiger partial charge >= 0.3 is 6.16 Å². The van der Waals surface area contributed by atoms with Gasteiger partial charge in [-0.05, 0) is 12.2 Å². The average molecular weight is 302 g/mol. The molecule has 20 heavy (non-hydrogen) atoms. The van der Waals surface area contributed by atoms with Crippen LogP contribution in [0.3, 0.4) is 0 Å². The normalized spacial score (nSPS) is 18.1. The first-order chi connectivity index (χ1) is 9.83. The van der Waals surface area contributed by atoms with E-state index in [1.54, 1.807) is 0 Å². The molecule has 0 aromatic carbocycles. The summed E-state index contributed by atoms with van der Waals surface area (Å²) in [5.41, 5.74) is 0. The van der Waals surface area contributed by atoms with E-state index in [1.807, 2.05) is 11.8 Å². The monoisotopic (exact) mass is 302 g/mol. The lowest BCUT2D eigenvalue weighted by atomic mass is 10.1. The zero-order valence-electron chi connectivity index (χ0n) is 12.9. The second kappa shape index (κ2) is 12.4. The molecule has 0 bridgehead atoms. The fraction of sp³-hybridized carbons (Fsp3) is 0.938. The highest BCUT2D eigenvalue weighted by atomic mass is 32.2. The minimum atomic E-state index is -0.505. The number of ether oxygens (including phenoxy) is 2. The summed E-state index contributed by atoms with van der Waals surface area (Å²) in [5.74, 6) is 2.05. The standard InChI is InChI=1S/C16H30O3S/c1-2-3-4-5-6-7-8-9-10-11-12-20-14-15-13-18-16(17)19-15/h15H,2-14H2,1H3. The summed E-state index contributed by atoms with van der Waals surface area (Å²) >= 11 is 1.87. The second-order valence-electron chi connectivity index (χ2n) is 5.56. The van der Waals surface area contributed by atoms with E-state index >= 15 is 0 Å². The van der Waals surface area contributed by atoms with E-state index in [1.165, 1.54) is 70.0 Å². The zero-order chi connectivity index (χ0) is 14.5. The maximum atomic E-state index is 10.7. The molecule has 0 radical (unpaired) electrons. The number of thioether (sulfide) groups is 1. The lowest BCUT2D eigenvalue weighted by Gasteiger charge is -2.05. The summed E-state index contributed by atoms with van der Waals surface area (Å²) in [6, 6.07) is 0. The highest BCUT2D eigenvalue weighted by molar-refractivity contribution is 7.99. The van der Waals surface area contributed by atoms with Gasteiger partial charge in [-0.3, -0.25) is 0 Å². The predicted octanol–water partition coefficient (Wildman–Crippen LogP) is 5.18. The Bertz CT molecular complexity index is 246. The summed E-state index contributed by atoms with van der Waals surface area (Å²) in [6.07, 6.45) is 13.3. The molecule has 3 nitrogen and oxygen atoms in total. The summed E-state index contributed by atoms with van der Waals surface area (Å²) in [6.45, 7) is 2.70. The van der Waals surface area contributed by atoms with Crippen LogP contribution in [0.1, 0.15) is 71.1 Å². The molecule has 1 rings (SSSR count). The van der Waals surface area contributed by atoms with Crippen molar-refractivity contribution in [1.82, 2.24) is 0 Å². The lowest BCUT2D eigenvalue weighted by molar-refractivity contribution is 0.122. The van der Waals surface area contributed by atoms with Crippen LogP contribution in [-0.2, 0) is 9.47 Å². The largest absolute Gasteiger partial charge is 0.508 e. The van der Waals surface area contributed by atoms with Crippen LogP contribution < -0.4 is 0 Å². The van der Waals surface area contributed by atoms with Crippen molar-refractivity contribution in [3.63, 3.8) is 0 Å². The molecule has 0 N–H and O–H groups in total. The Morgan fingerprint density at radius 3 is 2.15 bits per heavy atom. The third-order valence-electron chi connectivity index (χ3n) is 3.60. The highest BCUT2D eigenvalue weighted by Gasteiger charge is 2.24. The van der Waals surface area contributed by atoms with Gasteiger partial charge in [0, 0.05) is 5.75 Å². The van der Waals surface area contributed by atoms with E-state index < -0.39 is 6.16 Å². The van der Waals surface area contributed by atoms with Crippen LogP contribution in [-0.4, -0.2) is 30.4 Å². The quantitative estimate of drug-likeness (QED) is 0.347. The Hall–Kier alpha value is -0.380. The molecule has 1 aliphatic heterocycles. The van der Waals surface area contributed by atoms with Crippen molar-refractivity contribution in [2.45, 2.75) is 77.2 Å². The molecule has 118 valence electrons. The van der Waals surface area contributed by atoms with Crippen molar-refractivity contribution in [3.8, 4) is 0 Å². The first kappa shape index (κ1) is 17.7. The van der Waals surface area contributed by atoms with E-state index in [0.717, 1.165) is 5.75 Å². The molecule has 0 aromatic heterocycles. The molecule has 1 saturated heterocycles. The van der Waals surface area contributed by atoms with Crippen molar-refractivity contribution in [3.05, 3.63) is 0 Å². The number of rotatable bonds is 13. The number of hydrogen-bond acceptors (Lipinski definition) is 4. The van der Waals surface area contributed by atoms with E-state index in [-0.39, 0.29) is 6.10 Å². The van der Waals surface area contributed by atoms with Gasteiger partial charge < -0.3 is 9.47 Å². The molecule has 0 amide bonds. The summed E-state index contributed by atoms with van der Waals surface area (Å²) in [7, 11) is 0. The highest BCUT2D eigenvalue weighted by Crippen LogP contribution is 2.15. The van der Waals surface area contributed by atoms with Crippen LogP contribution >= 0.6 is 11.8 Å². The Kier molecular flexibility index (Phi) is 10.9. The average Bonchev–Trinajstić information content (AvgIpc) is 2.86. The van der Waals surface area contributed by atoms with Crippen molar-refractivity contribution in [2.75, 3.05) is 18.1 Å². The van der Waals surface area contributed by atoms with E-state index in [4.69, 9.17) is 9.47 Å². The molecular formula is C16H30O3S. The molecule has 0 spiro atoms. The predicted molar refractivity (Wildman–Crippen MR) is 85.4 cm³/mol. The summed E-state index contributed by atoms with van der Waals surface area (Å²) in [5, 5.41) is 0. The van der Waals surface area contributed by atoms with Crippen molar-refractivity contribution in [1.29, 1.82) is 0 Å². The second-order valence-corrected chi connectivity index (χ2v) is 6.71. The molecule has 1 heterocycles. The van der Waals surface area contributed by atoms with Crippen LogP contribution in [0, 0.1) is 0 Å². The van der Waals surface area contributed by atoms with Crippen LogP contribution in [0.25, 0.3) is 0 Å². The van der Waals surface area contributed by atoms with E-state index in [2.05, 4.69) is 6.92 Å². The fourth-order valence-electron chi connectivity index (χ4n) is 2.35. The Morgan fingerprint density at radius 2 is 1.60 bits per heavy atom. The van der Waals surface area contributed by atoms with Crippen LogP contribution in [0.4, 0.5) is 4.79 Å². The fourth-order valence-corrected chi connectivity index (χ4v) is 3.36. The Balaban J connectivity index is 1.71. The van der Waals surface area contributed by atoms with Crippen LogP contribution in [0.15, 0.2) is 0 Å². The Labute approximate surface area is 128 Å². The van der Waals surface area contributed by atoms with Gasteiger partial charge in [0.25, 0.3) is 0 Å². The first-order valence-electron chi connectivity index (χ1n) is 8.24. The first-order valence-corrected chi connectivity index (χ1v) is 9.39. The van der Waals surface area contributed by atoms with Gasteiger partial charge in [-0.25, -0.2) is 4.79 Å². The van der Waals surface area contributed by atoms with Crippen molar-refractivity contribution < 1.29 is 14.3 Å². The molecule has 0 aliphatic carbocycles. The van der Waals surface area contributed by atoms with Gasteiger partial charge in [-0.2, -0.15) is 11.8 Å². The van der Waals surface area contributed by atoms with E-state index in [9.17, 15) is 4.79 Å². The number of carbonyl (C=O) groups excluding carboxylic acids is 1. The van der Waals surface area contributed by atoms with Gasteiger partial charge in [-0.15, -0.1) is 0 Å². The van der Waals surface area contributed by atoms with Gasteiger partial charge in [0.2, 0.25) is 0 Å². The molecule has 0 aromatic rings. The number of hydrogen-bond donors (Lipinski definition) is 0. The molecule has 1 aliphatic rings. The van der Waals surface area contributed by atoms with Crippen LogP contribution in [0.5, 0.6) is 0 Å². The van der Waals surface area contributed by atoms with Gasteiger partial charge in [-0.1, -0.05) is 64.7 Å². The Morgan fingerprint density at radius 1 is 1.00 bits per heavy atom. The maximum Gasteiger partial charge on any atom is 0.508 e. The molecule has 4 heteroatoms. The smallest absolute Gasteiger partial charge is 0.430 e. The zero-order valence-corrected chi connectivity index (χ0v) is 13.7. The van der Waals surface area contributed by atoms with Crippen LogP contribution in [0.2, 0.25) is 0 Å². The number of unbranched alkanes of at least 4 members (excludes halogenated alkanes) is 9. The molecular weight excluding hydrogens is 272 g/mol. The molecule has 1 unspecified atom stereocenters. The van der Waals surface area contributed by atoms with Gasteiger partial charge in [0.05, 0.1) is 0 Å². The van der Waals surface area contributed by atoms with Gasteiger partial charge in [0.1, 0.15) is 12.7 Å². The van der Waals surface area contributed by atoms with Crippen molar-refractivity contribution in [2.24, 2.45) is 0 Å². The third-order valence-corrected chi connectivity index (χ3v) is 4.78. The van der Waals surface area contributed by atoms with E-state index in [0.29, 0.717) is 6.61 Å². The minimum absolute atomic E-state index is 0.0179. The lowest BCUT2D eigenvalue weighted by Crippen LogP contribution is -2.13. The number of cyclic esters (lactones) is 2. The van der Waals surface area contributed by atoms with Crippen molar-refractivity contribution >= 4 is 17.9 Å². The molecule has 1 atom stereocenters. The molecule has 0 saturated carbocycles. The summed E-state index contributed by atoms with van der Waals surface area (Å²) in [4.78, 5) is 10.7. The topological polar surface area (TPSA) is 35.5 Å². The number of carbonyl (C=O) groups is 1. The summed E-state index contributed by atoms with van der Waals surface area (Å²) < 4.78 is 9.73. The minimum Gasteiger partial charge on any atom is -0.430 e. The molecule has 1 fully saturated rings. The SMILES string of the molecule is CCCCCCCCCCCCSCC1COC(=O)O1. The maximum absolute atomic E-state index is 10.7.